The highest BCUT2D eigenvalue weighted by atomic mass is 16.1. The Kier molecular flexibility index (Phi) is 4.22. The van der Waals surface area contributed by atoms with Crippen LogP contribution >= 0.6 is 0 Å². The van der Waals surface area contributed by atoms with Crippen LogP contribution in [0.3, 0.4) is 0 Å². The third kappa shape index (κ3) is 3.44. The molecule has 0 N–H and O–H groups in total. The first kappa shape index (κ1) is 12.9. The molecule has 0 atom stereocenters. The highest BCUT2D eigenvalue weighted by Crippen LogP contribution is 2.21. The Morgan fingerprint density at radius 1 is 1.38 bits per heavy atom. The minimum Gasteiger partial charge on any atom is -0.294 e. The summed E-state index contributed by atoms with van der Waals surface area (Å²) in [6.45, 7) is 8.42. The second-order valence-electron chi connectivity index (χ2n) is 5.21. The number of hydrogen-bond acceptors (Lipinski definition) is 2. The van der Waals surface area contributed by atoms with E-state index in [0.717, 1.165) is 24.1 Å². The second kappa shape index (κ2) is 5.24. The number of unbranched alkanes of at least 4 members (excludes halogenated alkanes) is 1. The summed E-state index contributed by atoms with van der Waals surface area (Å²) >= 11 is 0. The monoisotopic (exact) mass is 219 g/mol. The molecule has 0 unspecified atom stereocenters. The van der Waals surface area contributed by atoms with Crippen LogP contribution in [0.25, 0.3) is 0 Å². The third-order valence-electron chi connectivity index (χ3n) is 2.61. The van der Waals surface area contributed by atoms with E-state index in [0.29, 0.717) is 6.42 Å². The summed E-state index contributed by atoms with van der Waals surface area (Å²) < 4.78 is 0. The molecule has 0 saturated carbocycles. The molecule has 1 rings (SSSR count). The van der Waals surface area contributed by atoms with Gasteiger partial charge >= 0.3 is 0 Å². The molecular weight excluding hydrogens is 198 g/mol. The van der Waals surface area contributed by atoms with E-state index in [4.69, 9.17) is 0 Å². The number of rotatable bonds is 4. The molecule has 1 heterocycles. The lowest BCUT2D eigenvalue weighted by Crippen LogP contribution is -2.14. The molecule has 0 aromatic carbocycles. The fourth-order valence-electron chi connectivity index (χ4n) is 1.50. The van der Waals surface area contributed by atoms with Crippen LogP contribution < -0.4 is 0 Å². The predicted octanol–water partition coefficient (Wildman–Crippen LogP) is 3.75. The Balaban J connectivity index is 2.86. The smallest absolute Gasteiger partial charge is 0.162 e. The normalized spacial score (nSPS) is 11.5. The average molecular weight is 219 g/mol. The van der Waals surface area contributed by atoms with Crippen molar-refractivity contribution in [2.24, 2.45) is 0 Å². The van der Waals surface area contributed by atoms with E-state index in [9.17, 15) is 4.79 Å². The van der Waals surface area contributed by atoms with Crippen LogP contribution in [-0.2, 0) is 5.41 Å². The molecule has 0 bridgehead atoms. The molecule has 1 aromatic rings. The summed E-state index contributed by atoms with van der Waals surface area (Å²) in [5.74, 6) is 0.231. The minimum atomic E-state index is 0.00104. The van der Waals surface area contributed by atoms with Crippen molar-refractivity contribution in [1.82, 2.24) is 4.98 Å². The Bertz CT molecular complexity index is 363. The van der Waals surface area contributed by atoms with Gasteiger partial charge in [-0.25, -0.2) is 0 Å². The van der Waals surface area contributed by atoms with Gasteiger partial charge in [0.1, 0.15) is 0 Å². The molecule has 0 amide bonds. The van der Waals surface area contributed by atoms with Gasteiger partial charge < -0.3 is 0 Å². The largest absolute Gasteiger partial charge is 0.294 e. The lowest BCUT2D eigenvalue weighted by atomic mass is 9.90. The van der Waals surface area contributed by atoms with E-state index < -0.39 is 0 Å². The summed E-state index contributed by atoms with van der Waals surface area (Å²) in [7, 11) is 0. The zero-order chi connectivity index (χ0) is 12.2. The first-order valence-electron chi connectivity index (χ1n) is 5.95. The third-order valence-corrected chi connectivity index (χ3v) is 2.61. The zero-order valence-corrected chi connectivity index (χ0v) is 10.7. The van der Waals surface area contributed by atoms with Crippen molar-refractivity contribution in [2.45, 2.75) is 52.4 Å². The van der Waals surface area contributed by atoms with Crippen LogP contribution in [0, 0.1) is 0 Å². The summed E-state index contributed by atoms with van der Waals surface area (Å²) in [5, 5.41) is 0. The van der Waals surface area contributed by atoms with Gasteiger partial charge in [-0.05, 0) is 18.6 Å². The molecule has 16 heavy (non-hydrogen) atoms. The molecule has 0 fully saturated rings. The SMILES string of the molecule is CCCCC(=O)c1ccnc(C(C)(C)C)c1. The number of carbonyl (C=O) groups excluding carboxylic acids is 1. The van der Waals surface area contributed by atoms with Crippen LogP contribution in [0.1, 0.15) is 63.0 Å². The molecule has 1 aromatic heterocycles. The lowest BCUT2D eigenvalue weighted by molar-refractivity contribution is 0.0979. The van der Waals surface area contributed by atoms with Gasteiger partial charge in [0, 0.05) is 29.3 Å². The van der Waals surface area contributed by atoms with Crippen molar-refractivity contribution < 1.29 is 4.79 Å². The Morgan fingerprint density at radius 3 is 2.62 bits per heavy atom. The van der Waals surface area contributed by atoms with Crippen molar-refractivity contribution in [3.05, 3.63) is 29.6 Å². The summed E-state index contributed by atoms with van der Waals surface area (Å²) in [6.07, 6.45) is 4.40. The highest BCUT2D eigenvalue weighted by Gasteiger charge is 2.16. The number of hydrogen-bond donors (Lipinski definition) is 0. The van der Waals surface area contributed by atoms with Gasteiger partial charge in [-0.3, -0.25) is 9.78 Å². The molecule has 0 spiro atoms. The number of nitrogens with zero attached hydrogens (tertiary/aromatic N) is 1. The maximum Gasteiger partial charge on any atom is 0.162 e. The highest BCUT2D eigenvalue weighted by molar-refractivity contribution is 5.96. The topological polar surface area (TPSA) is 30.0 Å². The molecule has 88 valence electrons. The van der Waals surface area contributed by atoms with E-state index in [-0.39, 0.29) is 11.2 Å². The van der Waals surface area contributed by atoms with Crippen LogP contribution in [0.4, 0.5) is 0 Å². The maximum atomic E-state index is 11.9. The van der Waals surface area contributed by atoms with Crippen molar-refractivity contribution in [2.75, 3.05) is 0 Å². The first-order chi connectivity index (χ1) is 7.45. The Morgan fingerprint density at radius 2 is 2.06 bits per heavy atom. The fraction of sp³-hybridized carbons (Fsp3) is 0.571. The molecule has 2 heteroatoms. The van der Waals surface area contributed by atoms with Crippen LogP contribution in [0.2, 0.25) is 0 Å². The Labute approximate surface area is 98.1 Å². The van der Waals surface area contributed by atoms with E-state index in [2.05, 4.69) is 32.7 Å². The fourth-order valence-corrected chi connectivity index (χ4v) is 1.50. The molecule has 0 aliphatic rings. The second-order valence-corrected chi connectivity index (χ2v) is 5.21. The first-order valence-corrected chi connectivity index (χ1v) is 5.95. The van der Waals surface area contributed by atoms with E-state index in [1.807, 2.05) is 12.1 Å². The molecular formula is C14H21NO. The van der Waals surface area contributed by atoms with Crippen molar-refractivity contribution in [1.29, 1.82) is 0 Å². The van der Waals surface area contributed by atoms with E-state index >= 15 is 0 Å². The summed E-state index contributed by atoms with van der Waals surface area (Å²) in [6, 6.07) is 3.74. The maximum absolute atomic E-state index is 11.9. The van der Waals surface area contributed by atoms with Crippen LogP contribution in [-0.4, -0.2) is 10.8 Å². The van der Waals surface area contributed by atoms with Crippen molar-refractivity contribution in [3.8, 4) is 0 Å². The predicted molar refractivity (Wildman–Crippen MR) is 66.8 cm³/mol. The van der Waals surface area contributed by atoms with Crippen molar-refractivity contribution in [3.63, 3.8) is 0 Å². The quantitative estimate of drug-likeness (QED) is 0.722. The number of carbonyl (C=O) groups is 1. The molecule has 2 nitrogen and oxygen atoms in total. The molecule has 0 radical (unpaired) electrons. The minimum absolute atomic E-state index is 0.00104. The molecule has 0 aliphatic carbocycles. The van der Waals surface area contributed by atoms with E-state index in [1.165, 1.54) is 0 Å². The summed E-state index contributed by atoms with van der Waals surface area (Å²) in [5.41, 5.74) is 1.78. The number of pyridine rings is 1. The standard InChI is InChI=1S/C14H21NO/c1-5-6-7-12(16)11-8-9-15-13(10-11)14(2,3)4/h8-10H,5-7H2,1-4H3. The van der Waals surface area contributed by atoms with Gasteiger partial charge in [-0.1, -0.05) is 34.1 Å². The van der Waals surface area contributed by atoms with Gasteiger partial charge in [0.15, 0.2) is 5.78 Å². The number of Topliss-reactive ketones (excluding diaryl/α,β-unsaturated/α-hetero) is 1. The van der Waals surface area contributed by atoms with Gasteiger partial charge in [0.05, 0.1) is 0 Å². The van der Waals surface area contributed by atoms with Gasteiger partial charge in [0.25, 0.3) is 0 Å². The number of ketones is 1. The molecule has 0 aliphatic heterocycles. The van der Waals surface area contributed by atoms with E-state index in [1.54, 1.807) is 6.20 Å². The molecule has 0 saturated heterocycles. The van der Waals surface area contributed by atoms with Gasteiger partial charge in [-0.2, -0.15) is 0 Å². The van der Waals surface area contributed by atoms with Crippen LogP contribution in [0.15, 0.2) is 18.3 Å². The number of aromatic nitrogens is 1. The van der Waals surface area contributed by atoms with Crippen LogP contribution in [0.5, 0.6) is 0 Å². The average Bonchev–Trinajstić information content (AvgIpc) is 2.25. The Hall–Kier alpha value is -1.18. The summed E-state index contributed by atoms with van der Waals surface area (Å²) in [4.78, 5) is 16.2. The van der Waals surface area contributed by atoms with Gasteiger partial charge in [-0.15, -0.1) is 0 Å². The lowest BCUT2D eigenvalue weighted by Gasteiger charge is -2.17. The van der Waals surface area contributed by atoms with Gasteiger partial charge in [0.2, 0.25) is 0 Å². The van der Waals surface area contributed by atoms with Crippen molar-refractivity contribution >= 4 is 5.78 Å². The zero-order valence-electron chi connectivity index (χ0n) is 10.7.